The molecule has 0 spiro atoms. The first-order chi connectivity index (χ1) is 9.90. The molecule has 114 valence electrons. The lowest BCUT2D eigenvalue weighted by atomic mass is 9.78. The van der Waals surface area contributed by atoms with Crippen LogP contribution in [0.25, 0.3) is 0 Å². The Bertz CT molecular complexity index is 562. The van der Waals surface area contributed by atoms with Crippen molar-refractivity contribution in [2.75, 3.05) is 0 Å². The van der Waals surface area contributed by atoms with Crippen LogP contribution >= 0.6 is 11.6 Å². The smallest absolute Gasteiger partial charge is 0.283 e. The first-order valence-corrected chi connectivity index (χ1v) is 7.52. The molecule has 3 atom stereocenters. The highest BCUT2D eigenvalue weighted by molar-refractivity contribution is 6.31. The summed E-state index contributed by atoms with van der Waals surface area (Å²) >= 11 is 5.76. The minimum Gasteiger partial charge on any atom is -0.349 e. The highest BCUT2D eigenvalue weighted by Gasteiger charge is 2.30. The van der Waals surface area contributed by atoms with Gasteiger partial charge in [-0.1, -0.05) is 38.3 Å². The van der Waals surface area contributed by atoms with Gasteiger partial charge in [0.25, 0.3) is 11.6 Å². The molecule has 0 aromatic heterocycles. The number of hydrogen-bond donors (Lipinski definition) is 1. The lowest BCUT2D eigenvalue weighted by molar-refractivity contribution is -0.385. The van der Waals surface area contributed by atoms with E-state index in [1.807, 2.05) is 0 Å². The van der Waals surface area contributed by atoms with E-state index in [0.29, 0.717) is 11.8 Å². The largest absolute Gasteiger partial charge is 0.349 e. The van der Waals surface area contributed by atoms with Crippen LogP contribution in [0.15, 0.2) is 18.2 Å². The Morgan fingerprint density at radius 2 is 2.10 bits per heavy atom. The van der Waals surface area contributed by atoms with Crippen molar-refractivity contribution in [3.8, 4) is 0 Å². The van der Waals surface area contributed by atoms with Crippen molar-refractivity contribution in [1.82, 2.24) is 5.32 Å². The maximum absolute atomic E-state index is 12.3. The van der Waals surface area contributed by atoms with Crippen LogP contribution in [0.3, 0.4) is 0 Å². The third-order valence-electron chi connectivity index (χ3n) is 4.42. The molecule has 1 aromatic carbocycles. The van der Waals surface area contributed by atoms with Crippen molar-refractivity contribution < 1.29 is 9.72 Å². The lowest BCUT2D eigenvalue weighted by Crippen LogP contribution is -2.43. The molecule has 5 nitrogen and oxygen atoms in total. The Morgan fingerprint density at radius 3 is 2.76 bits per heavy atom. The molecule has 3 unspecified atom stereocenters. The molecule has 0 radical (unpaired) electrons. The van der Waals surface area contributed by atoms with Gasteiger partial charge in [0.2, 0.25) is 0 Å². The van der Waals surface area contributed by atoms with E-state index >= 15 is 0 Å². The molecular weight excluding hydrogens is 292 g/mol. The van der Waals surface area contributed by atoms with Crippen molar-refractivity contribution >= 4 is 23.2 Å². The van der Waals surface area contributed by atoms with Gasteiger partial charge in [0.15, 0.2) is 0 Å². The van der Waals surface area contributed by atoms with Gasteiger partial charge in [-0.2, -0.15) is 0 Å². The predicted molar refractivity (Wildman–Crippen MR) is 81.5 cm³/mol. The van der Waals surface area contributed by atoms with E-state index in [4.69, 9.17) is 11.6 Å². The van der Waals surface area contributed by atoms with Gasteiger partial charge in [-0.05, 0) is 30.4 Å². The summed E-state index contributed by atoms with van der Waals surface area (Å²) in [6.07, 6.45) is 3.15. The maximum Gasteiger partial charge on any atom is 0.283 e. The highest BCUT2D eigenvalue weighted by Crippen LogP contribution is 2.30. The van der Waals surface area contributed by atoms with E-state index in [9.17, 15) is 14.9 Å². The van der Waals surface area contributed by atoms with Crippen LogP contribution in [0.2, 0.25) is 5.02 Å². The Morgan fingerprint density at radius 1 is 1.38 bits per heavy atom. The number of nitrogens with one attached hydrogen (secondary N) is 1. The van der Waals surface area contributed by atoms with Crippen molar-refractivity contribution in [3.63, 3.8) is 0 Å². The van der Waals surface area contributed by atoms with E-state index in [-0.39, 0.29) is 22.3 Å². The third-order valence-corrected chi connectivity index (χ3v) is 4.66. The molecule has 1 aliphatic carbocycles. The quantitative estimate of drug-likeness (QED) is 0.681. The molecule has 6 heteroatoms. The van der Waals surface area contributed by atoms with Gasteiger partial charge in [-0.15, -0.1) is 0 Å². The van der Waals surface area contributed by atoms with Gasteiger partial charge in [-0.25, -0.2) is 0 Å². The monoisotopic (exact) mass is 310 g/mol. The van der Waals surface area contributed by atoms with E-state index in [1.165, 1.54) is 18.2 Å². The number of carbonyl (C=O) groups excluding carboxylic acids is 1. The number of nitrogens with zero attached hydrogens (tertiary/aromatic N) is 1. The van der Waals surface area contributed by atoms with Crippen LogP contribution in [-0.4, -0.2) is 16.9 Å². The molecule has 0 aliphatic heterocycles. The van der Waals surface area contributed by atoms with E-state index in [2.05, 4.69) is 19.2 Å². The second-order valence-corrected chi connectivity index (χ2v) is 6.20. The van der Waals surface area contributed by atoms with E-state index in [0.717, 1.165) is 19.3 Å². The summed E-state index contributed by atoms with van der Waals surface area (Å²) in [5, 5.41) is 14.2. The fraction of sp³-hybridized carbons (Fsp3) is 0.533. The molecule has 0 heterocycles. The minimum atomic E-state index is -0.576. The zero-order valence-electron chi connectivity index (χ0n) is 12.1. The summed E-state index contributed by atoms with van der Waals surface area (Å²) in [5.41, 5.74) is -0.189. The summed E-state index contributed by atoms with van der Waals surface area (Å²) in [6.45, 7) is 4.29. The first-order valence-electron chi connectivity index (χ1n) is 7.15. The number of amides is 1. The summed E-state index contributed by atoms with van der Waals surface area (Å²) in [5.74, 6) is 0.516. The van der Waals surface area contributed by atoms with Gasteiger partial charge in [0.05, 0.1) is 4.92 Å². The Labute approximate surface area is 128 Å². The molecule has 1 aromatic rings. The van der Waals surface area contributed by atoms with E-state index < -0.39 is 10.8 Å². The van der Waals surface area contributed by atoms with Crippen LogP contribution in [0.1, 0.15) is 43.5 Å². The number of rotatable bonds is 3. The molecule has 21 heavy (non-hydrogen) atoms. The van der Waals surface area contributed by atoms with Crippen LogP contribution in [0.5, 0.6) is 0 Å². The van der Waals surface area contributed by atoms with Gasteiger partial charge in [0.1, 0.15) is 5.56 Å². The summed E-state index contributed by atoms with van der Waals surface area (Å²) in [7, 11) is 0. The SMILES string of the molecule is CC1CCCC(NC(=O)c2ccc(Cl)cc2[N+](=O)[O-])C1C. The van der Waals surface area contributed by atoms with Crippen molar-refractivity contribution in [3.05, 3.63) is 38.9 Å². The summed E-state index contributed by atoms with van der Waals surface area (Å²) in [6, 6.07) is 4.18. The molecule has 2 rings (SSSR count). The third kappa shape index (κ3) is 3.53. The molecule has 1 amide bonds. The second-order valence-electron chi connectivity index (χ2n) is 5.77. The lowest BCUT2D eigenvalue weighted by Gasteiger charge is -2.34. The predicted octanol–water partition coefficient (Wildman–Crippen LogP) is 3.80. The topological polar surface area (TPSA) is 72.2 Å². The van der Waals surface area contributed by atoms with Crippen LogP contribution in [-0.2, 0) is 0 Å². The van der Waals surface area contributed by atoms with Crippen molar-refractivity contribution in [1.29, 1.82) is 0 Å². The molecule has 1 N–H and O–H groups in total. The van der Waals surface area contributed by atoms with Crippen LogP contribution < -0.4 is 5.32 Å². The average Bonchev–Trinajstić information content (AvgIpc) is 2.43. The number of nitro benzene ring substituents is 1. The second kappa shape index (κ2) is 6.43. The normalized spacial score (nSPS) is 25.4. The molecular formula is C15H19ClN2O3. The maximum atomic E-state index is 12.3. The molecule has 0 bridgehead atoms. The van der Waals surface area contributed by atoms with E-state index in [1.54, 1.807) is 0 Å². The van der Waals surface area contributed by atoms with Gasteiger partial charge in [0, 0.05) is 17.1 Å². The summed E-state index contributed by atoms with van der Waals surface area (Å²) in [4.78, 5) is 22.8. The average molecular weight is 311 g/mol. The molecule has 0 saturated heterocycles. The Kier molecular flexibility index (Phi) is 4.83. The zero-order chi connectivity index (χ0) is 15.6. The first kappa shape index (κ1) is 15.8. The van der Waals surface area contributed by atoms with Crippen molar-refractivity contribution in [2.45, 2.75) is 39.2 Å². The highest BCUT2D eigenvalue weighted by atomic mass is 35.5. The minimum absolute atomic E-state index is 0.0647. The fourth-order valence-electron chi connectivity index (χ4n) is 2.88. The van der Waals surface area contributed by atoms with Crippen LogP contribution in [0.4, 0.5) is 5.69 Å². The number of benzene rings is 1. The van der Waals surface area contributed by atoms with Crippen LogP contribution in [0, 0.1) is 22.0 Å². The molecule has 1 aliphatic rings. The molecule has 1 fully saturated rings. The number of hydrogen-bond acceptors (Lipinski definition) is 3. The zero-order valence-corrected chi connectivity index (χ0v) is 12.9. The number of carbonyl (C=O) groups is 1. The van der Waals surface area contributed by atoms with Gasteiger partial charge in [-0.3, -0.25) is 14.9 Å². The standard InChI is InChI=1S/C15H19ClN2O3/c1-9-4-3-5-13(10(9)2)17-15(19)12-7-6-11(16)8-14(12)18(20)21/h6-10,13H,3-5H2,1-2H3,(H,17,19). The van der Waals surface area contributed by atoms with Gasteiger partial charge >= 0.3 is 0 Å². The van der Waals surface area contributed by atoms with Gasteiger partial charge < -0.3 is 5.32 Å². The number of halogens is 1. The van der Waals surface area contributed by atoms with Crippen molar-refractivity contribution in [2.24, 2.45) is 11.8 Å². The fourth-order valence-corrected chi connectivity index (χ4v) is 3.05. The Balaban J connectivity index is 2.19. The summed E-state index contributed by atoms with van der Waals surface area (Å²) < 4.78 is 0. The molecule has 1 saturated carbocycles. The number of nitro groups is 1. The Hall–Kier alpha value is -1.62.